The van der Waals surface area contributed by atoms with Gasteiger partial charge >= 0.3 is 0 Å². The third-order valence-corrected chi connectivity index (χ3v) is 5.49. The molecule has 1 aromatic heterocycles. The lowest BCUT2D eigenvalue weighted by Crippen LogP contribution is -2.50. The van der Waals surface area contributed by atoms with Crippen LogP contribution in [-0.2, 0) is 4.79 Å². The van der Waals surface area contributed by atoms with E-state index in [1.165, 1.54) is 0 Å². The summed E-state index contributed by atoms with van der Waals surface area (Å²) in [6.07, 6.45) is 1.81. The highest BCUT2D eigenvalue weighted by Crippen LogP contribution is 2.44. The Morgan fingerprint density at radius 2 is 1.43 bits per heavy atom. The predicted molar refractivity (Wildman–Crippen MR) is 108 cm³/mol. The number of hydrogen-bond acceptors (Lipinski definition) is 4. The first kappa shape index (κ1) is 16.8. The maximum atomic E-state index is 13.6. The fourth-order valence-corrected chi connectivity index (χ4v) is 4.06. The molecule has 0 aliphatic carbocycles. The Kier molecular flexibility index (Phi) is 4.20. The summed E-state index contributed by atoms with van der Waals surface area (Å²) in [7, 11) is 0. The third-order valence-electron chi connectivity index (χ3n) is 5.49. The molecule has 2 aliphatic heterocycles. The van der Waals surface area contributed by atoms with Gasteiger partial charge < -0.3 is 14.5 Å². The van der Waals surface area contributed by atoms with Gasteiger partial charge in [0.2, 0.25) is 5.91 Å². The highest BCUT2D eigenvalue weighted by Gasteiger charge is 2.36. The first-order valence-electron chi connectivity index (χ1n) is 9.62. The van der Waals surface area contributed by atoms with Gasteiger partial charge in [-0.1, -0.05) is 42.5 Å². The molecule has 5 heteroatoms. The second-order valence-electron chi connectivity index (χ2n) is 7.11. The highest BCUT2D eigenvalue weighted by molar-refractivity contribution is 5.90. The van der Waals surface area contributed by atoms with Crippen molar-refractivity contribution < 1.29 is 9.53 Å². The number of para-hydroxylation sites is 2. The van der Waals surface area contributed by atoms with Gasteiger partial charge in [-0.2, -0.15) is 0 Å². The van der Waals surface area contributed by atoms with Gasteiger partial charge in [-0.25, -0.2) is 4.98 Å². The molecular weight excluding hydrogens is 350 g/mol. The highest BCUT2D eigenvalue weighted by atomic mass is 16.5. The average molecular weight is 371 g/mol. The van der Waals surface area contributed by atoms with Crippen LogP contribution >= 0.6 is 0 Å². The lowest BCUT2D eigenvalue weighted by Gasteiger charge is -2.38. The fraction of sp³-hybridized carbons (Fsp3) is 0.217. The Labute approximate surface area is 164 Å². The SMILES string of the molecule is O=C(C1c2ccccc2Oc2ccccc21)N1CCN(c2ccccn2)CC1. The van der Waals surface area contributed by atoms with E-state index in [2.05, 4.69) is 9.88 Å². The van der Waals surface area contributed by atoms with Crippen LogP contribution in [0.5, 0.6) is 11.5 Å². The number of ether oxygens (including phenoxy) is 1. The van der Waals surface area contributed by atoms with Gasteiger partial charge in [0.05, 0.1) is 5.92 Å². The lowest BCUT2D eigenvalue weighted by atomic mass is 9.86. The normalized spacial score (nSPS) is 16.1. The van der Waals surface area contributed by atoms with Crippen LogP contribution < -0.4 is 9.64 Å². The number of carbonyl (C=O) groups is 1. The van der Waals surface area contributed by atoms with E-state index < -0.39 is 0 Å². The molecule has 140 valence electrons. The van der Waals surface area contributed by atoms with Crippen LogP contribution in [0.4, 0.5) is 5.82 Å². The monoisotopic (exact) mass is 371 g/mol. The van der Waals surface area contributed by atoms with Crippen LogP contribution in [0.3, 0.4) is 0 Å². The number of fused-ring (bicyclic) bond motifs is 2. The van der Waals surface area contributed by atoms with Gasteiger partial charge in [0.15, 0.2) is 0 Å². The maximum Gasteiger partial charge on any atom is 0.234 e. The van der Waals surface area contributed by atoms with Crippen molar-refractivity contribution in [2.24, 2.45) is 0 Å². The Morgan fingerprint density at radius 1 is 0.821 bits per heavy atom. The number of piperazine rings is 1. The van der Waals surface area contributed by atoms with Crippen molar-refractivity contribution in [3.05, 3.63) is 84.1 Å². The molecule has 28 heavy (non-hydrogen) atoms. The van der Waals surface area contributed by atoms with E-state index in [1.807, 2.05) is 77.8 Å². The Hall–Kier alpha value is -3.34. The largest absolute Gasteiger partial charge is 0.457 e. The van der Waals surface area contributed by atoms with Crippen molar-refractivity contribution in [3.8, 4) is 11.5 Å². The molecule has 1 saturated heterocycles. The molecule has 2 aromatic carbocycles. The van der Waals surface area contributed by atoms with E-state index in [-0.39, 0.29) is 11.8 Å². The molecule has 5 nitrogen and oxygen atoms in total. The summed E-state index contributed by atoms with van der Waals surface area (Å²) in [6, 6.07) is 21.6. The van der Waals surface area contributed by atoms with E-state index in [0.717, 1.165) is 41.5 Å². The van der Waals surface area contributed by atoms with Gasteiger partial charge in [-0.05, 0) is 24.3 Å². The van der Waals surface area contributed by atoms with Gasteiger partial charge in [0.1, 0.15) is 17.3 Å². The number of carbonyl (C=O) groups excluding carboxylic acids is 1. The van der Waals surface area contributed by atoms with Crippen molar-refractivity contribution in [1.29, 1.82) is 0 Å². The van der Waals surface area contributed by atoms with Crippen molar-refractivity contribution in [2.75, 3.05) is 31.1 Å². The molecule has 1 amide bonds. The molecule has 3 aromatic rings. The molecule has 0 saturated carbocycles. The minimum absolute atomic E-state index is 0.142. The molecule has 0 unspecified atom stereocenters. The number of nitrogens with zero attached hydrogens (tertiary/aromatic N) is 3. The van der Waals surface area contributed by atoms with E-state index in [0.29, 0.717) is 13.1 Å². The molecule has 0 spiro atoms. The second-order valence-corrected chi connectivity index (χ2v) is 7.11. The first-order chi connectivity index (χ1) is 13.8. The molecule has 0 bridgehead atoms. The summed E-state index contributed by atoms with van der Waals surface area (Å²) in [5.74, 6) is 2.33. The smallest absolute Gasteiger partial charge is 0.234 e. The quantitative estimate of drug-likeness (QED) is 0.690. The molecule has 5 rings (SSSR count). The van der Waals surface area contributed by atoms with E-state index >= 15 is 0 Å². The minimum Gasteiger partial charge on any atom is -0.457 e. The summed E-state index contributed by atoms with van der Waals surface area (Å²) >= 11 is 0. The zero-order valence-corrected chi connectivity index (χ0v) is 15.5. The van der Waals surface area contributed by atoms with Crippen molar-refractivity contribution in [3.63, 3.8) is 0 Å². The van der Waals surface area contributed by atoms with Crippen LogP contribution in [0.15, 0.2) is 72.9 Å². The molecule has 0 radical (unpaired) electrons. The van der Waals surface area contributed by atoms with Crippen LogP contribution in [0.1, 0.15) is 17.0 Å². The topological polar surface area (TPSA) is 45.7 Å². The van der Waals surface area contributed by atoms with Gasteiger partial charge in [0, 0.05) is 43.5 Å². The summed E-state index contributed by atoms with van der Waals surface area (Å²) in [5.41, 5.74) is 1.89. The number of aromatic nitrogens is 1. The zero-order chi connectivity index (χ0) is 18.9. The Balaban J connectivity index is 1.40. The van der Waals surface area contributed by atoms with Crippen LogP contribution in [0, 0.1) is 0 Å². The number of anilines is 1. The summed E-state index contributed by atoms with van der Waals surface area (Å²) in [6.45, 7) is 2.96. The molecule has 1 fully saturated rings. The third kappa shape index (κ3) is 2.89. The molecule has 0 atom stereocenters. The van der Waals surface area contributed by atoms with Crippen molar-refractivity contribution in [1.82, 2.24) is 9.88 Å². The van der Waals surface area contributed by atoms with E-state index in [9.17, 15) is 4.79 Å². The number of hydrogen-bond donors (Lipinski definition) is 0. The fourth-order valence-electron chi connectivity index (χ4n) is 4.06. The molecule has 0 N–H and O–H groups in total. The summed E-state index contributed by atoms with van der Waals surface area (Å²) in [5, 5.41) is 0. The standard InChI is InChI=1S/C23H21N3O2/c27-23(26-15-13-25(14-16-26)21-11-5-6-12-24-21)22-17-7-1-3-9-19(17)28-20-10-4-2-8-18(20)22/h1-12,22H,13-16H2. The van der Waals surface area contributed by atoms with E-state index in [1.54, 1.807) is 0 Å². The van der Waals surface area contributed by atoms with Gasteiger partial charge in [0.25, 0.3) is 0 Å². The predicted octanol–water partition coefficient (Wildman–Crippen LogP) is 3.67. The number of amides is 1. The second kappa shape index (κ2) is 7.00. The summed E-state index contributed by atoms with van der Waals surface area (Å²) < 4.78 is 6.03. The van der Waals surface area contributed by atoms with Crippen molar-refractivity contribution >= 4 is 11.7 Å². The minimum atomic E-state index is -0.317. The van der Waals surface area contributed by atoms with Gasteiger partial charge in [-0.3, -0.25) is 4.79 Å². The van der Waals surface area contributed by atoms with Crippen LogP contribution in [-0.4, -0.2) is 42.0 Å². The number of benzene rings is 2. The lowest BCUT2D eigenvalue weighted by molar-refractivity contribution is -0.132. The maximum absolute atomic E-state index is 13.6. The number of rotatable bonds is 2. The van der Waals surface area contributed by atoms with Crippen molar-refractivity contribution in [2.45, 2.75) is 5.92 Å². The zero-order valence-electron chi connectivity index (χ0n) is 15.5. The first-order valence-corrected chi connectivity index (χ1v) is 9.62. The number of pyridine rings is 1. The molecule has 3 heterocycles. The Bertz CT molecular complexity index is 952. The van der Waals surface area contributed by atoms with Crippen LogP contribution in [0.2, 0.25) is 0 Å². The molecule has 2 aliphatic rings. The van der Waals surface area contributed by atoms with Crippen LogP contribution in [0.25, 0.3) is 0 Å². The van der Waals surface area contributed by atoms with E-state index in [4.69, 9.17) is 4.74 Å². The average Bonchev–Trinajstić information content (AvgIpc) is 2.77. The summed E-state index contributed by atoms with van der Waals surface area (Å²) in [4.78, 5) is 22.2. The molecular formula is C23H21N3O2. The Morgan fingerprint density at radius 3 is 2.04 bits per heavy atom. The van der Waals surface area contributed by atoms with Gasteiger partial charge in [-0.15, -0.1) is 0 Å².